The molecule has 0 saturated heterocycles. The Kier molecular flexibility index (Phi) is 5.43. The van der Waals surface area contributed by atoms with Crippen molar-refractivity contribution in [3.05, 3.63) is 65.1 Å². The molecule has 0 aliphatic carbocycles. The lowest BCUT2D eigenvalue weighted by Gasteiger charge is -2.10. The molecule has 2 aromatic carbocycles. The lowest BCUT2D eigenvalue weighted by Crippen LogP contribution is -2.14. The number of rotatable bonds is 6. The summed E-state index contributed by atoms with van der Waals surface area (Å²) >= 11 is 6.15. The Morgan fingerprint density at radius 1 is 1.04 bits per heavy atom. The largest absolute Gasteiger partial charge is 0.481 e. The van der Waals surface area contributed by atoms with Crippen molar-refractivity contribution in [2.24, 2.45) is 0 Å². The summed E-state index contributed by atoms with van der Waals surface area (Å²) in [6.45, 7) is -0.378. The number of hydrogen-bond acceptors (Lipinski definition) is 6. The van der Waals surface area contributed by atoms with E-state index in [9.17, 15) is 9.59 Å². The lowest BCUT2D eigenvalue weighted by molar-refractivity contribution is -0.147. The first-order valence-electron chi connectivity index (χ1n) is 7.71. The summed E-state index contributed by atoms with van der Waals surface area (Å²) in [6, 6.07) is 13.9. The standard InChI is InChI=1S/C19H15ClO6/c1-23-19(22)17-8-6-12(26-17)10-25-18(21)11-24-16-9-7-15(20)13-4-2-3-5-14(13)16/h2-9H,10-11H2,1H3. The third-order valence-electron chi connectivity index (χ3n) is 3.60. The van der Waals surface area contributed by atoms with Crippen LogP contribution in [0.5, 0.6) is 5.75 Å². The van der Waals surface area contributed by atoms with Gasteiger partial charge in [-0.2, -0.15) is 0 Å². The van der Waals surface area contributed by atoms with E-state index in [2.05, 4.69) is 4.74 Å². The predicted molar refractivity (Wildman–Crippen MR) is 94.3 cm³/mol. The molecule has 3 aromatic rings. The van der Waals surface area contributed by atoms with E-state index in [0.717, 1.165) is 10.8 Å². The van der Waals surface area contributed by atoms with Gasteiger partial charge in [-0.25, -0.2) is 9.59 Å². The average Bonchev–Trinajstić information content (AvgIpc) is 3.14. The SMILES string of the molecule is COC(=O)c1ccc(COC(=O)COc2ccc(Cl)c3ccccc23)o1. The van der Waals surface area contributed by atoms with Gasteiger partial charge in [-0.15, -0.1) is 0 Å². The Hall–Kier alpha value is -2.99. The molecule has 7 heteroatoms. The van der Waals surface area contributed by atoms with Gasteiger partial charge in [0, 0.05) is 15.8 Å². The van der Waals surface area contributed by atoms with Crippen molar-refractivity contribution in [2.45, 2.75) is 6.61 Å². The third-order valence-corrected chi connectivity index (χ3v) is 3.93. The summed E-state index contributed by atoms with van der Waals surface area (Å²) in [5, 5.41) is 2.25. The molecule has 0 bridgehead atoms. The van der Waals surface area contributed by atoms with Crippen LogP contribution in [0, 0.1) is 0 Å². The normalized spacial score (nSPS) is 10.5. The molecular formula is C19H15ClO6. The number of furan rings is 1. The van der Waals surface area contributed by atoms with Gasteiger partial charge < -0.3 is 18.6 Å². The topological polar surface area (TPSA) is 75.0 Å². The highest BCUT2D eigenvalue weighted by atomic mass is 35.5. The lowest BCUT2D eigenvalue weighted by atomic mass is 10.1. The first-order valence-corrected chi connectivity index (χ1v) is 8.09. The van der Waals surface area contributed by atoms with Crippen molar-refractivity contribution < 1.29 is 28.2 Å². The third kappa shape index (κ3) is 3.97. The number of ether oxygens (including phenoxy) is 3. The Labute approximate surface area is 154 Å². The molecule has 1 heterocycles. The molecule has 134 valence electrons. The van der Waals surface area contributed by atoms with Gasteiger partial charge in [0.2, 0.25) is 5.76 Å². The maximum absolute atomic E-state index is 11.9. The van der Waals surface area contributed by atoms with Gasteiger partial charge in [0.25, 0.3) is 0 Å². The highest BCUT2D eigenvalue weighted by Crippen LogP contribution is 2.31. The van der Waals surface area contributed by atoms with Crippen LogP contribution in [0.25, 0.3) is 10.8 Å². The molecule has 3 rings (SSSR count). The molecule has 1 aromatic heterocycles. The highest BCUT2D eigenvalue weighted by Gasteiger charge is 2.13. The van der Waals surface area contributed by atoms with Crippen molar-refractivity contribution in [2.75, 3.05) is 13.7 Å². The summed E-state index contributed by atoms with van der Waals surface area (Å²) in [6.07, 6.45) is 0. The molecule has 0 radical (unpaired) electrons. The fourth-order valence-electron chi connectivity index (χ4n) is 2.36. The summed E-state index contributed by atoms with van der Waals surface area (Å²) in [4.78, 5) is 23.2. The predicted octanol–water partition coefficient (Wildman–Crippen LogP) is 4.00. The second kappa shape index (κ2) is 7.93. The molecule has 0 spiro atoms. The molecule has 0 N–H and O–H groups in total. The Morgan fingerprint density at radius 3 is 2.58 bits per heavy atom. The quantitative estimate of drug-likeness (QED) is 0.607. The zero-order valence-corrected chi connectivity index (χ0v) is 14.6. The molecule has 0 aliphatic rings. The molecule has 0 amide bonds. The summed E-state index contributed by atoms with van der Waals surface area (Å²) in [7, 11) is 1.25. The van der Waals surface area contributed by atoms with Crippen molar-refractivity contribution >= 4 is 34.3 Å². The van der Waals surface area contributed by atoms with Crippen molar-refractivity contribution in [3.8, 4) is 5.75 Å². The molecule has 26 heavy (non-hydrogen) atoms. The minimum absolute atomic E-state index is 0.0439. The number of halogens is 1. The molecular weight excluding hydrogens is 360 g/mol. The Morgan fingerprint density at radius 2 is 1.81 bits per heavy atom. The maximum atomic E-state index is 11.9. The molecule has 0 unspecified atom stereocenters. The number of esters is 2. The Balaban J connectivity index is 1.57. The smallest absolute Gasteiger partial charge is 0.373 e. The molecule has 0 saturated carbocycles. The van der Waals surface area contributed by atoms with Gasteiger partial charge in [0.05, 0.1) is 7.11 Å². The van der Waals surface area contributed by atoms with Gasteiger partial charge in [-0.05, 0) is 24.3 Å². The van der Waals surface area contributed by atoms with E-state index in [1.165, 1.54) is 19.2 Å². The van der Waals surface area contributed by atoms with E-state index in [1.807, 2.05) is 24.3 Å². The van der Waals surface area contributed by atoms with Crippen LogP contribution in [-0.2, 0) is 20.9 Å². The van der Waals surface area contributed by atoms with Gasteiger partial charge in [-0.1, -0.05) is 35.9 Å². The van der Waals surface area contributed by atoms with Crippen LogP contribution in [0.4, 0.5) is 0 Å². The van der Waals surface area contributed by atoms with E-state index >= 15 is 0 Å². The monoisotopic (exact) mass is 374 g/mol. The number of benzene rings is 2. The van der Waals surface area contributed by atoms with Crippen LogP contribution in [0.1, 0.15) is 16.3 Å². The molecule has 0 atom stereocenters. The fourth-order valence-corrected chi connectivity index (χ4v) is 2.58. The van der Waals surface area contributed by atoms with E-state index in [4.69, 9.17) is 25.5 Å². The van der Waals surface area contributed by atoms with Crippen LogP contribution in [0.15, 0.2) is 52.9 Å². The first-order chi connectivity index (χ1) is 12.6. The van der Waals surface area contributed by atoms with Gasteiger partial charge in [-0.3, -0.25) is 0 Å². The highest BCUT2D eigenvalue weighted by molar-refractivity contribution is 6.35. The van der Waals surface area contributed by atoms with E-state index in [-0.39, 0.29) is 19.0 Å². The van der Waals surface area contributed by atoms with E-state index in [0.29, 0.717) is 16.5 Å². The zero-order valence-electron chi connectivity index (χ0n) is 13.9. The minimum atomic E-state index is -0.597. The number of fused-ring (bicyclic) bond motifs is 1. The van der Waals surface area contributed by atoms with Gasteiger partial charge in [0.15, 0.2) is 6.61 Å². The Bertz CT molecular complexity index is 946. The second-order valence-corrected chi connectivity index (χ2v) is 5.71. The van der Waals surface area contributed by atoms with Crippen molar-refractivity contribution in [1.82, 2.24) is 0 Å². The number of hydrogen-bond donors (Lipinski definition) is 0. The van der Waals surface area contributed by atoms with Crippen LogP contribution < -0.4 is 4.74 Å². The van der Waals surface area contributed by atoms with Crippen LogP contribution in [0.3, 0.4) is 0 Å². The molecule has 0 fully saturated rings. The van der Waals surface area contributed by atoms with Crippen LogP contribution >= 0.6 is 11.6 Å². The number of carbonyl (C=O) groups is 2. The first kappa shape index (κ1) is 17.8. The summed E-state index contributed by atoms with van der Waals surface area (Å²) in [5.74, 6) is -0.258. The zero-order chi connectivity index (χ0) is 18.5. The summed E-state index contributed by atoms with van der Waals surface area (Å²) in [5.41, 5.74) is 0. The van der Waals surface area contributed by atoms with Gasteiger partial charge >= 0.3 is 11.9 Å². The van der Waals surface area contributed by atoms with Crippen LogP contribution in [-0.4, -0.2) is 25.7 Å². The number of methoxy groups -OCH3 is 1. The molecule has 6 nitrogen and oxygen atoms in total. The van der Waals surface area contributed by atoms with Crippen LogP contribution in [0.2, 0.25) is 5.02 Å². The van der Waals surface area contributed by atoms with Crippen molar-refractivity contribution in [1.29, 1.82) is 0 Å². The minimum Gasteiger partial charge on any atom is -0.481 e. The molecule has 0 aliphatic heterocycles. The van der Waals surface area contributed by atoms with Gasteiger partial charge in [0.1, 0.15) is 18.1 Å². The average molecular weight is 375 g/mol. The van der Waals surface area contributed by atoms with E-state index < -0.39 is 11.9 Å². The maximum Gasteiger partial charge on any atom is 0.373 e. The summed E-state index contributed by atoms with van der Waals surface area (Å²) < 4.78 is 20.4. The van der Waals surface area contributed by atoms with Crippen molar-refractivity contribution in [3.63, 3.8) is 0 Å². The fraction of sp³-hybridized carbons (Fsp3) is 0.158. The second-order valence-electron chi connectivity index (χ2n) is 5.30. The van der Waals surface area contributed by atoms with E-state index in [1.54, 1.807) is 12.1 Å². The number of carbonyl (C=O) groups excluding carboxylic acids is 2.